The number of benzene rings is 1. The van der Waals surface area contributed by atoms with Gasteiger partial charge in [-0.05, 0) is 37.3 Å². The second-order valence-corrected chi connectivity index (χ2v) is 5.25. The Kier molecular flexibility index (Phi) is 4.98. The first-order valence-electron chi connectivity index (χ1n) is 7.68. The lowest BCUT2D eigenvalue weighted by Gasteiger charge is -2.18. The molecule has 25 heavy (non-hydrogen) atoms. The summed E-state index contributed by atoms with van der Waals surface area (Å²) in [5.74, 6) is 0.835. The molecule has 0 atom stereocenters. The topological polar surface area (TPSA) is 102 Å². The van der Waals surface area contributed by atoms with E-state index < -0.39 is 5.91 Å². The van der Waals surface area contributed by atoms with Crippen LogP contribution < -0.4 is 20.2 Å². The predicted molar refractivity (Wildman–Crippen MR) is 88.8 cm³/mol. The second-order valence-electron chi connectivity index (χ2n) is 5.25. The second kappa shape index (κ2) is 7.52. The standard InChI is InChI=1S/C17H17N3O5/c1-11(13-3-2-6-23-13)19-20-16(21)10-18-17(22)12-4-5-14-15(9-12)25-8-7-24-14/h2-6,9H,7-8,10H2,1H3,(H,18,22)(H,20,21)/b19-11-. The third-order valence-corrected chi connectivity index (χ3v) is 3.44. The summed E-state index contributed by atoms with van der Waals surface area (Å²) >= 11 is 0. The van der Waals surface area contributed by atoms with E-state index in [0.717, 1.165) is 0 Å². The number of fused-ring (bicyclic) bond motifs is 1. The van der Waals surface area contributed by atoms with Gasteiger partial charge in [-0.15, -0.1) is 0 Å². The fourth-order valence-electron chi connectivity index (χ4n) is 2.17. The van der Waals surface area contributed by atoms with E-state index >= 15 is 0 Å². The maximum Gasteiger partial charge on any atom is 0.259 e. The number of carbonyl (C=O) groups excluding carboxylic acids is 2. The molecule has 0 radical (unpaired) electrons. The number of hydrazone groups is 1. The van der Waals surface area contributed by atoms with E-state index in [-0.39, 0.29) is 12.5 Å². The molecule has 0 unspecified atom stereocenters. The minimum absolute atomic E-state index is 0.206. The minimum atomic E-state index is -0.447. The Morgan fingerprint density at radius 3 is 2.72 bits per heavy atom. The van der Waals surface area contributed by atoms with E-state index in [1.165, 1.54) is 6.26 Å². The van der Waals surface area contributed by atoms with Crippen LogP contribution in [0.3, 0.4) is 0 Å². The molecule has 1 aliphatic heterocycles. The molecular weight excluding hydrogens is 326 g/mol. The summed E-state index contributed by atoms with van der Waals surface area (Å²) in [7, 11) is 0. The normalized spacial score (nSPS) is 13.2. The average molecular weight is 343 g/mol. The zero-order valence-corrected chi connectivity index (χ0v) is 13.6. The summed E-state index contributed by atoms with van der Waals surface area (Å²) < 4.78 is 16.0. The van der Waals surface area contributed by atoms with Gasteiger partial charge < -0.3 is 19.2 Å². The Balaban J connectivity index is 1.52. The van der Waals surface area contributed by atoms with Crippen LogP contribution in [0.5, 0.6) is 11.5 Å². The van der Waals surface area contributed by atoms with Gasteiger partial charge in [0.2, 0.25) is 0 Å². The van der Waals surface area contributed by atoms with Crippen LogP contribution in [-0.2, 0) is 4.79 Å². The van der Waals surface area contributed by atoms with E-state index in [4.69, 9.17) is 13.9 Å². The first-order chi connectivity index (χ1) is 12.1. The summed E-state index contributed by atoms with van der Waals surface area (Å²) in [5, 5.41) is 6.43. The van der Waals surface area contributed by atoms with Crippen molar-refractivity contribution in [2.24, 2.45) is 5.10 Å². The van der Waals surface area contributed by atoms with Gasteiger partial charge in [0.1, 0.15) is 24.7 Å². The molecule has 1 aromatic carbocycles. The van der Waals surface area contributed by atoms with Crippen molar-refractivity contribution >= 4 is 17.5 Å². The molecule has 2 amide bonds. The predicted octanol–water partition coefficient (Wildman–Crippen LogP) is 1.32. The zero-order chi connectivity index (χ0) is 17.6. The average Bonchev–Trinajstić information content (AvgIpc) is 3.18. The van der Waals surface area contributed by atoms with Crippen LogP contribution in [0.2, 0.25) is 0 Å². The third kappa shape index (κ3) is 4.17. The van der Waals surface area contributed by atoms with Crippen molar-refractivity contribution in [2.45, 2.75) is 6.92 Å². The monoisotopic (exact) mass is 343 g/mol. The molecule has 0 saturated heterocycles. The highest BCUT2D eigenvalue weighted by molar-refractivity contribution is 5.98. The Hall–Kier alpha value is -3.29. The SMILES string of the molecule is C/C(=N/NC(=O)CNC(=O)c1ccc2c(c1)OCCO2)c1ccco1. The summed E-state index contributed by atoms with van der Waals surface area (Å²) in [5.41, 5.74) is 3.26. The van der Waals surface area contributed by atoms with E-state index in [1.54, 1.807) is 37.3 Å². The van der Waals surface area contributed by atoms with Crippen LogP contribution in [0.15, 0.2) is 46.1 Å². The Morgan fingerprint density at radius 2 is 1.96 bits per heavy atom. The van der Waals surface area contributed by atoms with Gasteiger partial charge in [0.15, 0.2) is 11.5 Å². The molecule has 8 nitrogen and oxygen atoms in total. The lowest BCUT2D eigenvalue weighted by molar-refractivity contribution is -0.120. The van der Waals surface area contributed by atoms with Gasteiger partial charge in [0.05, 0.1) is 12.8 Å². The quantitative estimate of drug-likeness (QED) is 0.630. The third-order valence-electron chi connectivity index (χ3n) is 3.44. The summed E-state index contributed by atoms with van der Waals surface area (Å²) in [4.78, 5) is 23.9. The van der Waals surface area contributed by atoms with Crippen molar-refractivity contribution in [3.63, 3.8) is 0 Å². The number of carbonyl (C=O) groups is 2. The molecule has 0 bridgehead atoms. The highest BCUT2D eigenvalue weighted by Gasteiger charge is 2.15. The summed E-state index contributed by atoms with van der Waals surface area (Å²) in [6.07, 6.45) is 1.52. The first-order valence-corrected chi connectivity index (χ1v) is 7.68. The molecule has 0 spiro atoms. The number of ether oxygens (including phenoxy) is 2. The maximum atomic E-state index is 12.1. The molecular formula is C17H17N3O5. The molecule has 0 fully saturated rings. The molecule has 2 aromatic rings. The van der Waals surface area contributed by atoms with Crippen molar-refractivity contribution in [1.82, 2.24) is 10.7 Å². The minimum Gasteiger partial charge on any atom is -0.486 e. The van der Waals surface area contributed by atoms with Crippen LogP contribution in [0, 0.1) is 0 Å². The van der Waals surface area contributed by atoms with E-state index in [2.05, 4.69) is 15.8 Å². The lowest BCUT2D eigenvalue weighted by Crippen LogP contribution is -2.35. The van der Waals surface area contributed by atoms with Crippen LogP contribution in [-0.4, -0.2) is 37.3 Å². The largest absolute Gasteiger partial charge is 0.486 e. The van der Waals surface area contributed by atoms with Crippen LogP contribution >= 0.6 is 0 Å². The number of nitrogens with one attached hydrogen (secondary N) is 2. The summed E-state index contributed by atoms with van der Waals surface area (Å²) in [6.45, 7) is 2.42. The van der Waals surface area contributed by atoms with E-state index in [9.17, 15) is 9.59 Å². The first kappa shape index (κ1) is 16.6. The number of amides is 2. The van der Waals surface area contributed by atoms with Gasteiger partial charge in [0, 0.05) is 5.56 Å². The number of rotatable bonds is 5. The van der Waals surface area contributed by atoms with Gasteiger partial charge in [-0.2, -0.15) is 5.10 Å². The fraction of sp³-hybridized carbons (Fsp3) is 0.235. The molecule has 1 aliphatic rings. The van der Waals surface area contributed by atoms with Crippen molar-refractivity contribution < 1.29 is 23.5 Å². The van der Waals surface area contributed by atoms with Crippen molar-refractivity contribution in [3.8, 4) is 11.5 Å². The number of hydrogen-bond donors (Lipinski definition) is 2. The molecule has 0 aliphatic carbocycles. The van der Waals surface area contributed by atoms with E-state index in [1.807, 2.05) is 0 Å². The van der Waals surface area contributed by atoms with Gasteiger partial charge in [-0.25, -0.2) is 5.43 Å². The smallest absolute Gasteiger partial charge is 0.259 e. The number of hydrogen-bond acceptors (Lipinski definition) is 6. The number of furan rings is 1. The van der Waals surface area contributed by atoms with Gasteiger partial charge in [0.25, 0.3) is 11.8 Å². The van der Waals surface area contributed by atoms with Gasteiger partial charge in [-0.1, -0.05) is 0 Å². The molecule has 2 N–H and O–H groups in total. The van der Waals surface area contributed by atoms with Crippen molar-refractivity contribution in [2.75, 3.05) is 19.8 Å². The van der Waals surface area contributed by atoms with Crippen LogP contribution in [0.1, 0.15) is 23.0 Å². The fourth-order valence-corrected chi connectivity index (χ4v) is 2.17. The lowest BCUT2D eigenvalue weighted by atomic mass is 10.2. The molecule has 0 saturated carbocycles. The summed E-state index contributed by atoms with van der Waals surface area (Å²) in [6, 6.07) is 8.32. The van der Waals surface area contributed by atoms with Crippen molar-refractivity contribution in [3.05, 3.63) is 47.9 Å². The van der Waals surface area contributed by atoms with Crippen LogP contribution in [0.4, 0.5) is 0 Å². The zero-order valence-electron chi connectivity index (χ0n) is 13.6. The van der Waals surface area contributed by atoms with Crippen LogP contribution in [0.25, 0.3) is 0 Å². The highest BCUT2D eigenvalue weighted by atomic mass is 16.6. The van der Waals surface area contributed by atoms with E-state index in [0.29, 0.717) is 41.7 Å². The Morgan fingerprint density at radius 1 is 1.16 bits per heavy atom. The molecule has 2 heterocycles. The molecule has 3 rings (SSSR count). The highest BCUT2D eigenvalue weighted by Crippen LogP contribution is 2.30. The molecule has 1 aromatic heterocycles. The van der Waals surface area contributed by atoms with Crippen molar-refractivity contribution in [1.29, 1.82) is 0 Å². The molecule has 130 valence electrons. The Labute approximate surface area is 143 Å². The van der Waals surface area contributed by atoms with Gasteiger partial charge in [-0.3, -0.25) is 9.59 Å². The number of nitrogens with zero attached hydrogens (tertiary/aromatic N) is 1. The molecule has 8 heteroatoms. The maximum absolute atomic E-state index is 12.1. The Bertz CT molecular complexity index is 799. The van der Waals surface area contributed by atoms with Gasteiger partial charge >= 0.3 is 0 Å².